The molecule has 20 heavy (non-hydrogen) atoms. The maximum atomic E-state index is 12.9. The van der Waals surface area contributed by atoms with Crippen LogP contribution in [0.15, 0.2) is 48.8 Å². The SMILES string of the molecule is CC(C(=O)c1ccccc1C(F)(F)F)c1ccncc1. The van der Waals surface area contributed by atoms with E-state index in [1.807, 2.05) is 0 Å². The van der Waals surface area contributed by atoms with Crippen molar-refractivity contribution in [3.8, 4) is 0 Å². The summed E-state index contributed by atoms with van der Waals surface area (Å²) < 4.78 is 38.7. The van der Waals surface area contributed by atoms with E-state index in [-0.39, 0.29) is 5.56 Å². The standard InChI is InChI=1S/C15H12F3NO/c1-10(11-6-8-19-9-7-11)14(20)12-4-2-3-5-13(12)15(16,17)18/h2-10H,1H3. The van der Waals surface area contributed by atoms with Gasteiger partial charge in [-0.1, -0.05) is 25.1 Å². The van der Waals surface area contributed by atoms with Gasteiger partial charge in [0.15, 0.2) is 5.78 Å². The molecule has 5 heteroatoms. The Kier molecular flexibility index (Phi) is 3.88. The van der Waals surface area contributed by atoms with Crippen LogP contribution in [0, 0.1) is 0 Å². The van der Waals surface area contributed by atoms with E-state index in [0.29, 0.717) is 5.56 Å². The van der Waals surface area contributed by atoms with Crippen molar-refractivity contribution < 1.29 is 18.0 Å². The number of carbonyl (C=O) groups excluding carboxylic acids is 1. The molecule has 1 aromatic heterocycles. The van der Waals surface area contributed by atoms with Gasteiger partial charge in [0.05, 0.1) is 5.56 Å². The number of carbonyl (C=O) groups is 1. The number of benzene rings is 1. The van der Waals surface area contributed by atoms with Gasteiger partial charge in [-0.2, -0.15) is 13.2 Å². The summed E-state index contributed by atoms with van der Waals surface area (Å²) in [6.07, 6.45) is -1.52. The summed E-state index contributed by atoms with van der Waals surface area (Å²) >= 11 is 0. The second-order valence-corrected chi connectivity index (χ2v) is 4.41. The first-order valence-electron chi connectivity index (χ1n) is 6.01. The summed E-state index contributed by atoms with van der Waals surface area (Å²) in [5.74, 6) is -1.20. The van der Waals surface area contributed by atoms with Crippen LogP contribution in [0.5, 0.6) is 0 Å². The van der Waals surface area contributed by atoms with Crippen LogP contribution >= 0.6 is 0 Å². The highest BCUT2D eigenvalue weighted by atomic mass is 19.4. The molecule has 1 heterocycles. The Bertz CT molecular complexity index is 608. The number of nitrogens with zero attached hydrogens (tertiary/aromatic N) is 1. The fourth-order valence-corrected chi connectivity index (χ4v) is 1.98. The molecular weight excluding hydrogens is 267 g/mol. The molecule has 0 radical (unpaired) electrons. The Labute approximate surface area is 114 Å². The molecule has 104 valence electrons. The number of rotatable bonds is 3. The van der Waals surface area contributed by atoms with Crippen LogP contribution in [0.4, 0.5) is 13.2 Å². The lowest BCUT2D eigenvalue weighted by molar-refractivity contribution is -0.137. The Morgan fingerprint density at radius 2 is 1.70 bits per heavy atom. The number of alkyl halides is 3. The Morgan fingerprint density at radius 3 is 2.30 bits per heavy atom. The fraction of sp³-hybridized carbons (Fsp3) is 0.200. The highest BCUT2D eigenvalue weighted by Gasteiger charge is 2.35. The lowest BCUT2D eigenvalue weighted by Gasteiger charge is -2.15. The van der Waals surface area contributed by atoms with Gasteiger partial charge in [0, 0.05) is 23.9 Å². The number of Topliss-reactive ketones (excluding diaryl/α,β-unsaturated/α-hetero) is 1. The molecule has 1 aromatic carbocycles. The highest BCUT2D eigenvalue weighted by molar-refractivity contribution is 6.02. The number of hydrogen-bond donors (Lipinski definition) is 0. The first-order valence-corrected chi connectivity index (χ1v) is 6.01. The summed E-state index contributed by atoms with van der Waals surface area (Å²) in [6, 6.07) is 8.09. The summed E-state index contributed by atoms with van der Waals surface area (Å²) in [4.78, 5) is 16.1. The van der Waals surface area contributed by atoms with Crippen LogP contribution in [0.3, 0.4) is 0 Å². The molecule has 2 rings (SSSR count). The van der Waals surface area contributed by atoms with Crippen molar-refractivity contribution in [1.29, 1.82) is 0 Å². The van der Waals surface area contributed by atoms with Gasteiger partial charge < -0.3 is 0 Å². The van der Waals surface area contributed by atoms with Crippen LogP contribution in [-0.2, 0) is 6.18 Å². The van der Waals surface area contributed by atoms with E-state index in [1.54, 1.807) is 19.1 Å². The number of ketones is 1. The molecule has 0 bridgehead atoms. The van der Waals surface area contributed by atoms with Crippen molar-refractivity contribution >= 4 is 5.78 Å². The van der Waals surface area contributed by atoms with E-state index < -0.39 is 23.4 Å². The quantitative estimate of drug-likeness (QED) is 0.792. The lowest BCUT2D eigenvalue weighted by Crippen LogP contribution is -2.17. The molecule has 0 saturated carbocycles. The number of pyridine rings is 1. The molecule has 0 aliphatic rings. The van der Waals surface area contributed by atoms with E-state index >= 15 is 0 Å². The zero-order chi connectivity index (χ0) is 14.8. The minimum absolute atomic E-state index is 0.302. The van der Waals surface area contributed by atoms with Gasteiger partial charge in [0.25, 0.3) is 0 Å². The van der Waals surface area contributed by atoms with E-state index in [9.17, 15) is 18.0 Å². The minimum atomic E-state index is -4.54. The Hall–Kier alpha value is -2.17. The summed E-state index contributed by atoms with van der Waals surface area (Å²) in [7, 11) is 0. The van der Waals surface area contributed by atoms with Gasteiger partial charge in [-0.15, -0.1) is 0 Å². The molecule has 2 nitrogen and oxygen atoms in total. The van der Waals surface area contributed by atoms with Crippen molar-refractivity contribution in [3.63, 3.8) is 0 Å². The Morgan fingerprint density at radius 1 is 1.10 bits per heavy atom. The average Bonchev–Trinajstić information content (AvgIpc) is 2.46. The number of aromatic nitrogens is 1. The maximum Gasteiger partial charge on any atom is 0.417 e. The van der Waals surface area contributed by atoms with Crippen molar-refractivity contribution in [3.05, 3.63) is 65.5 Å². The summed E-state index contributed by atoms with van der Waals surface area (Å²) in [6.45, 7) is 1.59. The van der Waals surface area contributed by atoms with E-state index in [1.165, 1.54) is 30.6 Å². The average molecular weight is 279 g/mol. The first-order chi connectivity index (χ1) is 9.41. The zero-order valence-corrected chi connectivity index (χ0v) is 10.7. The fourth-order valence-electron chi connectivity index (χ4n) is 1.98. The maximum absolute atomic E-state index is 12.9. The third kappa shape index (κ3) is 2.87. The lowest BCUT2D eigenvalue weighted by atomic mass is 9.90. The topological polar surface area (TPSA) is 30.0 Å². The second kappa shape index (κ2) is 5.45. The molecule has 0 saturated heterocycles. The zero-order valence-electron chi connectivity index (χ0n) is 10.7. The molecule has 0 N–H and O–H groups in total. The molecule has 1 atom stereocenters. The molecule has 0 aliphatic heterocycles. The second-order valence-electron chi connectivity index (χ2n) is 4.41. The van der Waals surface area contributed by atoms with Crippen molar-refractivity contribution in [2.45, 2.75) is 19.0 Å². The largest absolute Gasteiger partial charge is 0.417 e. The minimum Gasteiger partial charge on any atom is -0.293 e. The molecule has 1 unspecified atom stereocenters. The number of hydrogen-bond acceptors (Lipinski definition) is 2. The van der Waals surface area contributed by atoms with Gasteiger partial charge in [-0.3, -0.25) is 9.78 Å². The first kappa shape index (κ1) is 14.2. The van der Waals surface area contributed by atoms with Gasteiger partial charge in [0.2, 0.25) is 0 Å². The van der Waals surface area contributed by atoms with Crippen LogP contribution in [0.1, 0.15) is 34.3 Å². The molecular formula is C15H12F3NO. The third-order valence-corrected chi connectivity index (χ3v) is 3.10. The van der Waals surface area contributed by atoms with Crippen LogP contribution < -0.4 is 0 Å². The third-order valence-electron chi connectivity index (χ3n) is 3.10. The molecule has 2 aromatic rings. The number of halogens is 3. The van der Waals surface area contributed by atoms with Gasteiger partial charge in [0.1, 0.15) is 0 Å². The van der Waals surface area contributed by atoms with Crippen molar-refractivity contribution in [2.75, 3.05) is 0 Å². The highest BCUT2D eigenvalue weighted by Crippen LogP contribution is 2.34. The molecule has 0 spiro atoms. The van der Waals surface area contributed by atoms with Crippen molar-refractivity contribution in [1.82, 2.24) is 4.98 Å². The predicted molar refractivity (Wildman–Crippen MR) is 68.4 cm³/mol. The molecule has 0 fully saturated rings. The van der Waals surface area contributed by atoms with E-state index in [4.69, 9.17) is 0 Å². The normalized spacial score (nSPS) is 13.0. The van der Waals surface area contributed by atoms with Crippen LogP contribution in [0.2, 0.25) is 0 Å². The summed E-state index contributed by atoms with van der Waals surface area (Å²) in [5.41, 5.74) is -0.558. The van der Waals surface area contributed by atoms with E-state index in [2.05, 4.69) is 4.98 Å². The van der Waals surface area contributed by atoms with Crippen LogP contribution in [0.25, 0.3) is 0 Å². The van der Waals surface area contributed by atoms with Gasteiger partial charge in [-0.25, -0.2) is 0 Å². The van der Waals surface area contributed by atoms with Crippen molar-refractivity contribution in [2.24, 2.45) is 0 Å². The smallest absolute Gasteiger partial charge is 0.293 e. The van der Waals surface area contributed by atoms with Gasteiger partial charge >= 0.3 is 6.18 Å². The monoisotopic (exact) mass is 279 g/mol. The summed E-state index contributed by atoms with van der Waals surface area (Å²) in [5, 5.41) is 0. The Balaban J connectivity index is 2.40. The van der Waals surface area contributed by atoms with Gasteiger partial charge in [-0.05, 0) is 23.8 Å². The molecule has 0 aliphatic carbocycles. The van der Waals surface area contributed by atoms with Crippen LogP contribution in [-0.4, -0.2) is 10.8 Å². The predicted octanol–water partition coefficient (Wildman–Crippen LogP) is 4.09. The van der Waals surface area contributed by atoms with E-state index in [0.717, 1.165) is 6.07 Å². The molecule has 0 amide bonds.